The third-order valence-corrected chi connectivity index (χ3v) is 4.31. The Morgan fingerprint density at radius 2 is 1.68 bits per heavy atom. The number of nitrogens with zero attached hydrogens (tertiary/aromatic N) is 2. The summed E-state index contributed by atoms with van der Waals surface area (Å²) in [4.78, 5) is 28.1. The molecule has 1 unspecified atom stereocenters. The van der Waals surface area contributed by atoms with E-state index in [1.807, 2.05) is 4.90 Å². The van der Waals surface area contributed by atoms with Gasteiger partial charge in [-0.2, -0.15) is 0 Å². The molecule has 1 aliphatic carbocycles. The van der Waals surface area contributed by atoms with Crippen molar-refractivity contribution in [3.63, 3.8) is 0 Å². The van der Waals surface area contributed by atoms with Gasteiger partial charge in [0.1, 0.15) is 6.04 Å². The van der Waals surface area contributed by atoms with Crippen molar-refractivity contribution in [1.29, 1.82) is 0 Å². The number of rotatable bonds is 3. The van der Waals surface area contributed by atoms with Gasteiger partial charge in [0, 0.05) is 33.1 Å². The molecule has 2 fully saturated rings. The van der Waals surface area contributed by atoms with Crippen LogP contribution in [0.5, 0.6) is 0 Å². The van der Waals surface area contributed by atoms with E-state index in [-0.39, 0.29) is 17.9 Å². The van der Waals surface area contributed by atoms with Crippen LogP contribution in [0.4, 0.5) is 0 Å². The zero-order valence-electron chi connectivity index (χ0n) is 12.0. The first kappa shape index (κ1) is 14.3. The van der Waals surface area contributed by atoms with Gasteiger partial charge < -0.3 is 15.1 Å². The van der Waals surface area contributed by atoms with Gasteiger partial charge in [-0.15, -0.1) is 0 Å². The number of hydrogen-bond donors (Lipinski definition) is 1. The van der Waals surface area contributed by atoms with Gasteiger partial charge in [-0.05, 0) is 25.8 Å². The number of carbonyl (C=O) groups excluding carboxylic acids is 2. The van der Waals surface area contributed by atoms with E-state index in [1.165, 1.54) is 19.8 Å². The van der Waals surface area contributed by atoms with Crippen molar-refractivity contribution in [2.24, 2.45) is 5.92 Å². The summed E-state index contributed by atoms with van der Waals surface area (Å²) >= 11 is 0. The zero-order valence-corrected chi connectivity index (χ0v) is 12.0. The van der Waals surface area contributed by atoms with Crippen LogP contribution in [0, 0.1) is 5.92 Å². The van der Waals surface area contributed by atoms with E-state index < -0.39 is 0 Å². The molecule has 1 aliphatic heterocycles. The van der Waals surface area contributed by atoms with Crippen LogP contribution < -0.4 is 5.32 Å². The van der Waals surface area contributed by atoms with Crippen LogP contribution in [-0.2, 0) is 9.59 Å². The lowest BCUT2D eigenvalue weighted by Crippen LogP contribution is -2.56. The molecule has 5 nitrogen and oxygen atoms in total. The third kappa shape index (κ3) is 3.69. The second-order valence-electron chi connectivity index (χ2n) is 5.85. The highest BCUT2D eigenvalue weighted by Gasteiger charge is 2.34. The van der Waals surface area contributed by atoms with Crippen LogP contribution in [0.1, 0.15) is 32.6 Å². The molecule has 1 heterocycles. The van der Waals surface area contributed by atoms with Crippen LogP contribution >= 0.6 is 0 Å². The highest BCUT2D eigenvalue weighted by Crippen LogP contribution is 2.28. The molecule has 0 aromatic heterocycles. The Morgan fingerprint density at radius 3 is 2.21 bits per heavy atom. The Hall–Kier alpha value is -1.10. The minimum Gasteiger partial charge on any atom is -0.344 e. The molecule has 0 bridgehead atoms. The lowest BCUT2D eigenvalue weighted by atomic mass is 9.96. The highest BCUT2D eigenvalue weighted by atomic mass is 16.2. The van der Waals surface area contributed by atoms with E-state index in [9.17, 15) is 9.59 Å². The molecule has 0 spiro atoms. The zero-order chi connectivity index (χ0) is 13.8. The van der Waals surface area contributed by atoms with Crippen molar-refractivity contribution >= 4 is 11.8 Å². The maximum Gasteiger partial charge on any atom is 0.245 e. The van der Waals surface area contributed by atoms with E-state index in [0.717, 1.165) is 39.0 Å². The molecule has 0 radical (unpaired) electrons. The molecule has 1 saturated carbocycles. The number of piperazine rings is 1. The lowest BCUT2D eigenvalue weighted by molar-refractivity contribution is -0.139. The van der Waals surface area contributed by atoms with Crippen LogP contribution in [0.15, 0.2) is 0 Å². The second kappa shape index (κ2) is 6.37. The molecule has 19 heavy (non-hydrogen) atoms. The van der Waals surface area contributed by atoms with Crippen LogP contribution in [0.25, 0.3) is 0 Å². The van der Waals surface area contributed by atoms with Crippen molar-refractivity contribution in [3.05, 3.63) is 0 Å². The van der Waals surface area contributed by atoms with Gasteiger partial charge in [-0.3, -0.25) is 9.59 Å². The molecule has 2 amide bonds. The first-order chi connectivity index (χ1) is 9.08. The standard InChI is InChI=1S/C14H25N3O2/c1-11(18)15-13(12-5-3-4-6-12)14(19)17-9-7-16(2)8-10-17/h12-13H,3-10H2,1-2H3,(H,15,18). The van der Waals surface area contributed by atoms with E-state index >= 15 is 0 Å². The van der Waals surface area contributed by atoms with Crippen LogP contribution in [-0.4, -0.2) is 60.9 Å². The number of carbonyl (C=O) groups is 2. The van der Waals surface area contributed by atoms with Gasteiger partial charge in [0.2, 0.25) is 11.8 Å². The first-order valence-electron chi connectivity index (χ1n) is 7.32. The lowest BCUT2D eigenvalue weighted by Gasteiger charge is -2.36. The normalized spacial score (nSPS) is 23.4. The van der Waals surface area contributed by atoms with Gasteiger partial charge in [0.25, 0.3) is 0 Å². The molecule has 1 N–H and O–H groups in total. The predicted molar refractivity (Wildman–Crippen MR) is 73.6 cm³/mol. The molecule has 108 valence electrons. The molecular weight excluding hydrogens is 242 g/mol. The van der Waals surface area contributed by atoms with Crippen LogP contribution in [0.3, 0.4) is 0 Å². The smallest absolute Gasteiger partial charge is 0.245 e. The van der Waals surface area contributed by atoms with Crippen molar-refractivity contribution in [2.45, 2.75) is 38.6 Å². The van der Waals surface area contributed by atoms with E-state index in [2.05, 4.69) is 17.3 Å². The van der Waals surface area contributed by atoms with Gasteiger partial charge in [-0.1, -0.05) is 12.8 Å². The molecule has 2 aliphatic rings. The molecule has 0 aromatic rings. The van der Waals surface area contributed by atoms with Crippen molar-refractivity contribution < 1.29 is 9.59 Å². The number of amides is 2. The largest absolute Gasteiger partial charge is 0.344 e. The molecule has 1 atom stereocenters. The van der Waals surface area contributed by atoms with Crippen molar-refractivity contribution in [1.82, 2.24) is 15.1 Å². The Balaban J connectivity index is 2.00. The topological polar surface area (TPSA) is 52.7 Å². The van der Waals surface area contributed by atoms with Crippen molar-refractivity contribution in [2.75, 3.05) is 33.2 Å². The summed E-state index contributed by atoms with van der Waals surface area (Å²) in [6.07, 6.45) is 4.47. The third-order valence-electron chi connectivity index (χ3n) is 4.31. The van der Waals surface area contributed by atoms with E-state index in [1.54, 1.807) is 0 Å². The Bertz CT molecular complexity index is 332. The van der Waals surface area contributed by atoms with Gasteiger partial charge >= 0.3 is 0 Å². The predicted octanol–water partition coefficient (Wildman–Crippen LogP) is 0.455. The monoisotopic (exact) mass is 267 g/mol. The quantitative estimate of drug-likeness (QED) is 0.808. The SMILES string of the molecule is CC(=O)NC(C(=O)N1CCN(C)CC1)C1CCCC1. The summed E-state index contributed by atoms with van der Waals surface area (Å²) < 4.78 is 0. The Labute approximate surface area is 115 Å². The highest BCUT2D eigenvalue weighted by molar-refractivity contribution is 5.87. The molecule has 0 aromatic carbocycles. The van der Waals surface area contributed by atoms with E-state index in [4.69, 9.17) is 0 Å². The fourth-order valence-corrected chi connectivity index (χ4v) is 3.11. The summed E-state index contributed by atoms with van der Waals surface area (Å²) in [6, 6.07) is -0.302. The van der Waals surface area contributed by atoms with Crippen LogP contribution in [0.2, 0.25) is 0 Å². The fourth-order valence-electron chi connectivity index (χ4n) is 3.11. The van der Waals surface area contributed by atoms with Crippen molar-refractivity contribution in [3.8, 4) is 0 Å². The number of nitrogens with one attached hydrogen (secondary N) is 1. The minimum atomic E-state index is -0.302. The average Bonchev–Trinajstić information content (AvgIpc) is 2.89. The minimum absolute atomic E-state index is 0.0978. The average molecular weight is 267 g/mol. The maximum absolute atomic E-state index is 12.6. The summed E-state index contributed by atoms with van der Waals surface area (Å²) in [7, 11) is 2.07. The fraction of sp³-hybridized carbons (Fsp3) is 0.857. The van der Waals surface area contributed by atoms with E-state index in [0.29, 0.717) is 5.92 Å². The molecule has 2 rings (SSSR count). The molecule has 1 saturated heterocycles. The van der Waals surface area contributed by atoms with Gasteiger partial charge in [0.15, 0.2) is 0 Å². The summed E-state index contributed by atoms with van der Waals surface area (Å²) in [5.74, 6) is 0.352. The first-order valence-corrected chi connectivity index (χ1v) is 7.32. The Morgan fingerprint density at radius 1 is 1.11 bits per heavy atom. The number of hydrogen-bond acceptors (Lipinski definition) is 3. The maximum atomic E-state index is 12.6. The summed E-state index contributed by atoms with van der Waals surface area (Å²) in [6.45, 7) is 4.89. The molecule has 5 heteroatoms. The second-order valence-corrected chi connectivity index (χ2v) is 5.85. The number of likely N-dealkylation sites (N-methyl/N-ethyl adjacent to an activating group) is 1. The van der Waals surface area contributed by atoms with Gasteiger partial charge in [0.05, 0.1) is 0 Å². The summed E-state index contributed by atoms with van der Waals surface area (Å²) in [5, 5.41) is 2.89. The summed E-state index contributed by atoms with van der Waals surface area (Å²) in [5.41, 5.74) is 0. The Kier molecular flexibility index (Phi) is 4.80. The molecular formula is C14H25N3O2. The van der Waals surface area contributed by atoms with Gasteiger partial charge in [-0.25, -0.2) is 0 Å².